The molecule has 7 nitrogen and oxygen atoms in total. The van der Waals surface area contributed by atoms with E-state index in [1.165, 1.54) is 0 Å². The Morgan fingerprint density at radius 2 is 1.68 bits per heavy atom. The number of aromatic nitrogens is 2. The molecule has 1 atom stereocenters. The van der Waals surface area contributed by atoms with Crippen molar-refractivity contribution in [2.24, 2.45) is 0 Å². The molecule has 2 aromatic carbocycles. The molecule has 3 aromatic rings. The van der Waals surface area contributed by atoms with E-state index in [4.69, 9.17) is 0 Å². The number of fused-ring (bicyclic) bond motifs is 1. The van der Waals surface area contributed by atoms with Gasteiger partial charge < -0.3 is 9.88 Å². The molecule has 0 radical (unpaired) electrons. The highest BCUT2D eigenvalue weighted by Crippen LogP contribution is 2.33. The molecule has 162 valence electrons. The van der Waals surface area contributed by atoms with Gasteiger partial charge in [0.05, 0.1) is 22.0 Å². The fourth-order valence-corrected chi connectivity index (χ4v) is 6.13. The third-order valence-corrected chi connectivity index (χ3v) is 8.20. The van der Waals surface area contributed by atoms with Crippen LogP contribution >= 0.6 is 0 Å². The van der Waals surface area contributed by atoms with Crippen LogP contribution in [0, 0.1) is 0 Å². The Labute approximate surface area is 182 Å². The summed E-state index contributed by atoms with van der Waals surface area (Å²) in [5.74, 6) is 0.709. The van der Waals surface area contributed by atoms with Crippen LogP contribution in [0.4, 0.5) is 0 Å². The SMILES string of the molecule is O=C(c1ccc(S(=O)(=O)N2CCCCC2)cc1)N1CCC[C@H]1c1nc2ccccc2[nH]1. The van der Waals surface area contributed by atoms with Crippen LogP contribution in [-0.4, -0.2) is 53.1 Å². The van der Waals surface area contributed by atoms with E-state index < -0.39 is 10.0 Å². The number of carbonyl (C=O) groups excluding carboxylic acids is 1. The number of hydrogen-bond donors (Lipinski definition) is 1. The van der Waals surface area contributed by atoms with E-state index in [0.717, 1.165) is 49.0 Å². The van der Waals surface area contributed by atoms with Crippen molar-refractivity contribution >= 4 is 27.0 Å². The zero-order valence-electron chi connectivity index (χ0n) is 17.3. The molecule has 0 bridgehead atoms. The summed E-state index contributed by atoms with van der Waals surface area (Å²) in [5, 5.41) is 0. The van der Waals surface area contributed by atoms with Gasteiger partial charge in [0.25, 0.3) is 5.91 Å². The molecule has 0 spiro atoms. The van der Waals surface area contributed by atoms with Crippen molar-refractivity contribution in [2.75, 3.05) is 19.6 Å². The summed E-state index contributed by atoms with van der Waals surface area (Å²) in [5.41, 5.74) is 2.36. The van der Waals surface area contributed by atoms with E-state index in [1.54, 1.807) is 28.6 Å². The number of sulfonamides is 1. The molecule has 3 heterocycles. The number of para-hydroxylation sites is 2. The number of likely N-dealkylation sites (tertiary alicyclic amines) is 1. The van der Waals surface area contributed by atoms with Gasteiger partial charge in [-0.05, 0) is 62.1 Å². The zero-order chi connectivity index (χ0) is 21.4. The van der Waals surface area contributed by atoms with Crippen LogP contribution in [0.5, 0.6) is 0 Å². The number of nitrogens with zero attached hydrogens (tertiary/aromatic N) is 3. The number of hydrogen-bond acceptors (Lipinski definition) is 4. The fourth-order valence-electron chi connectivity index (χ4n) is 4.61. The first kappa shape index (κ1) is 20.2. The van der Waals surface area contributed by atoms with E-state index in [9.17, 15) is 13.2 Å². The van der Waals surface area contributed by atoms with Gasteiger partial charge in [0.2, 0.25) is 10.0 Å². The van der Waals surface area contributed by atoms with Gasteiger partial charge in [0.15, 0.2) is 0 Å². The standard InChI is InChI=1S/C23H26N4O3S/c28-23(17-10-12-18(13-11-17)31(29,30)26-14-4-1-5-15-26)27-16-6-9-21(27)22-24-19-7-2-3-8-20(19)25-22/h2-3,7-8,10-13,21H,1,4-6,9,14-16H2,(H,24,25)/t21-/m0/s1. The number of imidazole rings is 1. The van der Waals surface area contributed by atoms with Crippen molar-refractivity contribution < 1.29 is 13.2 Å². The minimum Gasteiger partial charge on any atom is -0.340 e. The first-order valence-corrected chi connectivity index (χ1v) is 12.3. The smallest absolute Gasteiger partial charge is 0.254 e. The molecule has 1 aromatic heterocycles. The highest BCUT2D eigenvalue weighted by Gasteiger charge is 2.33. The summed E-state index contributed by atoms with van der Waals surface area (Å²) < 4.78 is 27.3. The first-order chi connectivity index (χ1) is 15.0. The first-order valence-electron chi connectivity index (χ1n) is 10.9. The molecular formula is C23H26N4O3S. The largest absolute Gasteiger partial charge is 0.340 e. The summed E-state index contributed by atoms with van der Waals surface area (Å²) in [4.78, 5) is 23.4. The second-order valence-corrected chi connectivity index (χ2v) is 10.2. The van der Waals surface area contributed by atoms with Crippen LogP contribution < -0.4 is 0 Å². The average Bonchev–Trinajstić information content (AvgIpc) is 3.46. The summed E-state index contributed by atoms with van der Waals surface area (Å²) in [6.45, 7) is 1.79. The Balaban J connectivity index is 1.36. The summed E-state index contributed by atoms with van der Waals surface area (Å²) in [7, 11) is -3.50. The fraction of sp³-hybridized carbons (Fsp3) is 0.391. The van der Waals surface area contributed by atoms with E-state index in [0.29, 0.717) is 25.2 Å². The number of piperidine rings is 1. The summed E-state index contributed by atoms with van der Waals surface area (Å²) in [6, 6.07) is 14.1. The van der Waals surface area contributed by atoms with Crippen LogP contribution in [0.3, 0.4) is 0 Å². The molecule has 2 aliphatic rings. The topological polar surface area (TPSA) is 86.4 Å². The summed E-state index contributed by atoms with van der Waals surface area (Å²) >= 11 is 0. The van der Waals surface area contributed by atoms with E-state index in [-0.39, 0.29) is 16.8 Å². The van der Waals surface area contributed by atoms with Crippen molar-refractivity contribution in [1.82, 2.24) is 19.2 Å². The van der Waals surface area contributed by atoms with E-state index in [2.05, 4.69) is 9.97 Å². The number of benzene rings is 2. The van der Waals surface area contributed by atoms with Crippen LogP contribution in [0.25, 0.3) is 11.0 Å². The molecule has 0 saturated carbocycles. The number of nitrogens with one attached hydrogen (secondary N) is 1. The Bertz CT molecular complexity index is 1160. The maximum Gasteiger partial charge on any atom is 0.254 e. The van der Waals surface area contributed by atoms with Crippen molar-refractivity contribution in [1.29, 1.82) is 0 Å². The molecule has 2 fully saturated rings. The van der Waals surface area contributed by atoms with Crippen molar-refractivity contribution in [3.05, 3.63) is 59.9 Å². The average molecular weight is 439 g/mol. The van der Waals surface area contributed by atoms with Crippen molar-refractivity contribution in [3.63, 3.8) is 0 Å². The maximum atomic E-state index is 13.2. The molecule has 5 rings (SSSR count). The molecule has 1 amide bonds. The Kier molecular flexibility index (Phi) is 5.27. The minimum atomic E-state index is -3.50. The lowest BCUT2D eigenvalue weighted by atomic mass is 10.1. The van der Waals surface area contributed by atoms with Gasteiger partial charge in [-0.15, -0.1) is 0 Å². The Morgan fingerprint density at radius 1 is 0.935 bits per heavy atom. The number of H-pyrrole nitrogens is 1. The molecule has 2 saturated heterocycles. The monoisotopic (exact) mass is 438 g/mol. The lowest BCUT2D eigenvalue weighted by molar-refractivity contribution is 0.0730. The highest BCUT2D eigenvalue weighted by molar-refractivity contribution is 7.89. The van der Waals surface area contributed by atoms with Gasteiger partial charge in [0.1, 0.15) is 5.82 Å². The van der Waals surface area contributed by atoms with Crippen LogP contribution in [0.1, 0.15) is 54.3 Å². The van der Waals surface area contributed by atoms with Gasteiger partial charge in [-0.3, -0.25) is 4.79 Å². The molecule has 31 heavy (non-hydrogen) atoms. The number of amides is 1. The molecule has 0 unspecified atom stereocenters. The Hall–Kier alpha value is -2.71. The number of aromatic amines is 1. The van der Waals surface area contributed by atoms with Gasteiger partial charge in [0, 0.05) is 25.2 Å². The Morgan fingerprint density at radius 3 is 2.42 bits per heavy atom. The minimum absolute atomic E-state index is 0.0927. The van der Waals surface area contributed by atoms with Gasteiger partial charge in [-0.25, -0.2) is 13.4 Å². The quantitative estimate of drug-likeness (QED) is 0.673. The zero-order valence-corrected chi connectivity index (χ0v) is 18.1. The second-order valence-electron chi connectivity index (χ2n) is 8.28. The van der Waals surface area contributed by atoms with Gasteiger partial charge in [-0.1, -0.05) is 18.6 Å². The molecule has 1 N–H and O–H groups in total. The third-order valence-electron chi connectivity index (χ3n) is 6.29. The van der Waals surface area contributed by atoms with Crippen molar-refractivity contribution in [2.45, 2.75) is 43.0 Å². The highest BCUT2D eigenvalue weighted by atomic mass is 32.2. The lowest BCUT2D eigenvalue weighted by Crippen LogP contribution is -2.35. The maximum absolute atomic E-state index is 13.2. The molecule has 2 aliphatic heterocycles. The molecular weight excluding hydrogens is 412 g/mol. The molecule has 0 aliphatic carbocycles. The predicted octanol–water partition coefficient (Wildman–Crippen LogP) is 3.71. The van der Waals surface area contributed by atoms with E-state index >= 15 is 0 Å². The summed E-state index contributed by atoms with van der Waals surface area (Å²) in [6.07, 6.45) is 4.63. The van der Waals surface area contributed by atoms with Crippen molar-refractivity contribution in [3.8, 4) is 0 Å². The number of rotatable bonds is 4. The van der Waals surface area contributed by atoms with Crippen LogP contribution in [0.2, 0.25) is 0 Å². The second kappa shape index (κ2) is 8.09. The normalized spacial score (nSPS) is 20.4. The van der Waals surface area contributed by atoms with Gasteiger partial charge in [-0.2, -0.15) is 4.31 Å². The van der Waals surface area contributed by atoms with Gasteiger partial charge >= 0.3 is 0 Å². The lowest BCUT2D eigenvalue weighted by Gasteiger charge is -2.26. The van der Waals surface area contributed by atoms with Crippen LogP contribution in [-0.2, 0) is 10.0 Å². The van der Waals surface area contributed by atoms with E-state index in [1.807, 2.05) is 29.2 Å². The number of carbonyl (C=O) groups is 1. The predicted molar refractivity (Wildman–Crippen MR) is 118 cm³/mol. The van der Waals surface area contributed by atoms with Crippen LogP contribution in [0.15, 0.2) is 53.4 Å². The third kappa shape index (κ3) is 3.74. The molecule has 8 heteroatoms.